The number of nitrogens with one attached hydrogen (secondary N) is 1. The fraction of sp³-hybridized carbons (Fsp3) is 0.526. The first-order valence-electron chi connectivity index (χ1n) is 8.85. The topological polar surface area (TPSA) is 84.5 Å². The minimum Gasteiger partial charge on any atom is -0.490 e. The predicted octanol–water partition coefficient (Wildman–Crippen LogP) is 3.01. The molecule has 3 rings (SSSR count). The van der Waals surface area contributed by atoms with E-state index in [-0.39, 0.29) is 17.8 Å². The highest BCUT2D eigenvalue weighted by molar-refractivity contribution is 5.80. The van der Waals surface area contributed by atoms with Gasteiger partial charge < -0.3 is 19.4 Å². The van der Waals surface area contributed by atoms with Gasteiger partial charge in [-0.05, 0) is 45.4 Å². The van der Waals surface area contributed by atoms with Crippen LogP contribution in [0.2, 0.25) is 0 Å². The van der Waals surface area contributed by atoms with E-state index in [2.05, 4.69) is 9.97 Å². The summed E-state index contributed by atoms with van der Waals surface area (Å²) in [5.41, 5.74) is 0.913. The van der Waals surface area contributed by atoms with Gasteiger partial charge in [-0.2, -0.15) is 0 Å². The Morgan fingerprint density at radius 1 is 1.27 bits per heavy atom. The van der Waals surface area contributed by atoms with Crippen LogP contribution in [0, 0.1) is 6.92 Å². The van der Waals surface area contributed by atoms with Crippen molar-refractivity contribution in [1.29, 1.82) is 0 Å². The van der Waals surface area contributed by atoms with Crippen LogP contribution in [-0.4, -0.2) is 45.8 Å². The van der Waals surface area contributed by atoms with Gasteiger partial charge in [0.15, 0.2) is 0 Å². The van der Waals surface area contributed by atoms with Gasteiger partial charge in [0.25, 0.3) is 5.56 Å². The monoisotopic (exact) mass is 359 g/mol. The van der Waals surface area contributed by atoms with Gasteiger partial charge in [-0.1, -0.05) is 0 Å². The van der Waals surface area contributed by atoms with E-state index in [9.17, 15) is 9.59 Å². The fourth-order valence-corrected chi connectivity index (χ4v) is 2.99. The molecule has 26 heavy (non-hydrogen) atoms. The summed E-state index contributed by atoms with van der Waals surface area (Å²) in [6.45, 7) is 8.70. The molecular formula is C19H25N3O4. The number of benzene rings is 1. The lowest BCUT2D eigenvalue weighted by atomic mass is 10.1. The number of H-pyrrole nitrogens is 1. The molecule has 1 fully saturated rings. The number of likely N-dealkylation sites (tertiary alicyclic amines) is 1. The van der Waals surface area contributed by atoms with Crippen LogP contribution in [0.15, 0.2) is 23.3 Å². The quantitative estimate of drug-likeness (QED) is 0.891. The number of rotatable bonds is 2. The summed E-state index contributed by atoms with van der Waals surface area (Å²) >= 11 is 0. The highest BCUT2D eigenvalue weighted by atomic mass is 16.6. The van der Waals surface area contributed by atoms with E-state index in [1.807, 2.05) is 33.8 Å². The van der Waals surface area contributed by atoms with Crippen molar-refractivity contribution in [3.63, 3.8) is 0 Å². The molecule has 0 bridgehead atoms. The van der Waals surface area contributed by atoms with Crippen molar-refractivity contribution in [2.45, 2.75) is 52.2 Å². The average molecular weight is 359 g/mol. The third kappa shape index (κ3) is 4.15. The third-order valence-corrected chi connectivity index (χ3v) is 4.32. The van der Waals surface area contributed by atoms with E-state index in [1.54, 1.807) is 11.0 Å². The summed E-state index contributed by atoms with van der Waals surface area (Å²) in [7, 11) is 0. The predicted molar refractivity (Wildman–Crippen MR) is 98.6 cm³/mol. The number of nitrogens with zero attached hydrogens (tertiary/aromatic N) is 2. The normalized spacial score (nSPS) is 15.9. The summed E-state index contributed by atoms with van der Waals surface area (Å²) < 4.78 is 11.5. The lowest BCUT2D eigenvalue weighted by Crippen LogP contribution is -2.44. The largest absolute Gasteiger partial charge is 0.490 e. The maximum atomic E-state index is 12.1. The number of carbonyl (C=O) groups excluding carboxylic acids is 1. The van der Waals surface area contributed by atoms with Crippen LogP contribution in [0.1, 0.15) is 39.2 Å². The lowest BCUT2D eigenvalue weighted by Gasteiger charge is -2.33. The van der Waals surface area contributed by atoms with E-state index in [0.29, 0.717) is 29.7 Å². The van der Waals surface area contributed by atoms with Gasteiger partial charge in [0, 0.05) is 25.9 Å². The minimum atomic E-state index is -0.492. The van der Waals surface area contributed by atoms with E-state index in [0.717, 1.165) is 18.4 Å². The Morgan fingerprint density at radius 2 is 1.96 bits per heavy atom. The Balaban J connectivity index is 1.66. The van der Waals surface area contributed by atoms with Crippen molar-refractivity contribution >= 4 is 17.0 Å². The highest BCUT2D eigenvalue weighted by Crippen LogP contribution is 2.26. The molecule has 0 saturated carbocycles. The van der Waals surface area contributed by atoms with E-state index in [1.165, 1.54) is 6.33 Å². The number of piperidine rings is 1. The van der Waals surface area contributed by atoms with Crippen LogP contribution < -0.4 is 10.3 Å². The first-order chi connectivity index (χ1) is 12.2. The van der Waals surface area contributed by atoms with Crippen LogP contribution in [0.5, 0.6) is 5.75 Å². The molecule has 7 nitrogen and oxygen atoms in total. The zero-order valence-corrected chi connectivity index (χ0v) is 15.7. The summed E-state index contributed by atoms with van der Waals surface area (Å²) in [5.74, 6) is 0.687. The number of carbonyl (C=O) groups is 1. The van der Waals surface area contributed by atoms with Crippen LogP contribution >= 0.6 is 0 Å². The SMILES string of the molecule is Cc1cc2nc[nH]c(=O)c2cc1OC1CCN(C(=O)OC(C)(C)C)CC1. The Labute approximate surface area is 152 Å². The number of hydrogen-bond donors (Lipinski definition) is 1. The number of aromatic amines is 1. The second-order valence-electron chi connectivity index (χ2n) is 7.65. The number of fused-ring (bicyclic) bond motifs is 1. The zero-order valence-electron chi connectivity index (χ0n) is 15.7. The molecule has 0 unspecified atom stereocenters. The average Bonchev–Trinajstić information content (AvgIpc) is 2.55. The molecule has 2 heterocycles. The minimum absolute atomic E-state index is 0.000546. The maximum absolute atomic E-state index is 12.1. The van der Waals surface area contributed by atoms with Gasteiger partial charge in [0.2, 0.25) is 0 Å². The summed E-state index contributed by atoms with van der Waals surface area (Å²) in [6.07, 6.45) is 2.56. The van der Waals surface area contributed by atoms with Gasteiger partial charge in [-0.3, -0.25) is 4.79 Å². The smallest absolute Gasteiger partial charge is 0.410 e. The van der Waals surface area contributed by atoms with Crippen molar-refractivity contribution in [2.75, 3.05) is 13.1 Å². The van der Waals surface area contributed by atoms with Crippen molar-refractivity contribution in [3.8, 4) is 5.75 Å². The molecule has 1 aliphatic heterocycles. The van der Waals surface area contributed by atoms with Gasteiger partial charge in [0.05, 0.1) is 17.2 Å². The standard InChI is InChI=1S/C19H25N3O4/c1-12-9-15-14(17(23)21-11-20-15)10-16(12)25-13-5-7-22(8-6-13)18(24)26-19(2,3)4/h9-11,13H,5-8H2,1-4H3,(H,20,21,23). The number of aromatic nitrogens is 2. The van der Waals surface area contributed by atoms with Gasteiger partial charge in [-0.25, -0.2) is 9.78 Å². The summed E-state index contributed by atoms with van der Waals surface area (Å²) in [6, 6.07) is 3.60. The molecule has 0 aliphatic carbocycles. The molecule has 1 amide bonds. The molecule has 0 spiro atoms. The molecule has 0 radical (unpaired) electrons. The van der Waals surface area contributed by atoms with E-state index in [4.69, 9.17) is 9.47 Å². The molecule has 1 aromatic heterocycles. The molecule has 1 aliphatic rings. The Kier molecular flexibility index (Phi) is 4.89. The summed E-state index contributed by atoms with van der Waals surface area (Å²) in [5, 5.41) is 0.513. The second-order valence-corrected chi connectivity index (χ2v) is 7.65. The van der Waals surface area contributed by atoms with Crippen molar-refractivity contribution in [3.05, 3.63) is 34.4 Å². The molecule has 1 N–H and O–H groups in total. The molecule has 1 saturated heterocycles. The van der Waals surface area contributed by atoms with Gasteiger partial charge >= 0.3 is 6.09 Å². The first-order valence-corrected chi connectivity index (χ1v) is 8.85. The molecule has 1 aromatic carbocycles. The highest BCUT2D eigenvalue weighted by Gasteiger charge is 2.27. The zero-order chi connectivity index (χ0) is 18.9. The lowest BCUT2D eigenvalue weighted by molar-refractivity contribution is 0.0126. The van der Waals surface area contributed by atoms with E-state index >= 15 is 0 Å². The Bertz CT molecular complexity index is 861. The molecule has 0 atom stereocenters. The van der Waals surface area contributed by atoms with Crippen molar-refractivity contribution in [2.24, 2.45) is 0 Å². The Hall–Kier alpha value is -2.57. The van der Waals surface area contributed by atoms with Gasteiger partial charge in [0.1, 0.15) is 17.5 Å². The second kappa shape index (κ2) is 6.97. The number of amides is 1. The van der Waals surface area contributed by atoms with Crippen LogP contribution in [0.25, 0.3) is 10.9 Å². The molecule has 7 heteroatoms. The maximum Gasteiger partial charge on any atom is 0.410 e. The van der Waals surface area contributed by atoms with Crippen molar-refractivity contribution in [1.82, 2.24) is 14.9 Å². The third-order valence-electron chi connectivity index (χ3n) is 4.32. The first kappa shape index (κ1) is 18.2. The van der Waals surface area contributed by atoms with Crippen LogP contribution in [0.3, 0.4) is 0 Å². The molecular weight excluding hydrogens is 334 g/mol. The fourth-order valence-electron chi connectivity index (χ4n) is 2.99. The molecule has 2 aromatic rings. The Morgan fingerprint density at radius 3 is 2.62 bits per heavy atom. The molecule has 140 valence electrons. The van der Waals surface area contributed by atoms with Gasteiger partial charge in [-0.15, -0.1) is 0 Å². The van der Waals surface area contributed by atoms with Crippen LogP contribution in [0.4, 0.5) is 4.79 Å². The summed E-state index contributed by atoms with van der Waals surface area (Å²) in [4.78, 5) is 32.6. The van der Waals surface area contributed by atoms with E-state index < -0.39 is 5.60 Å². The van der Waals surface area contributed by atoms with Crippen molar-refractivity contribution < 1.29 is 14.3 Å². The number of hydrogen-bond acceptors (Lipinski definition) is 5. The number of ether oxygens (including phenoxy) is 2. The van der Waals surface area contributed by atoms with Crippen LogP contribution in [-0.2, 0) is 4.74 Å². The number of aryl methyl sites for hydroxylation is 1.